The van der Waals surface area contributed by atoms with Gasteiger partial charge in [-0.3, -0.25) is 3.96 Å². The molecule has 2 aromatic carbocycles. The quantitative estimate of drug-likeness (QED) is 0.633. The average Bonchev–Trinajstić information content (AvgIpc) is 3.05. The highest BCUT2D eigenvalue weighted by Gasteiger charge is 2.07. The van der Waals surface area contributed by atoms with Crippen LogP contribution in [-0.4, -0.2) is 18.2 Å². The lowest BCUT2D eigenvalue weighted by Gasteiger charge is -2.07. The van der Waals surface area contributed by atoms with E-state index in [2.05, 4.69) is 29.1 Å². The molecular weight excluding hydrogens is 332 g/mol. The van der Waals surface area contributed by atoms with Gasteiger partial charge >= 0.3 is 0 Å². The third kappa shape index (κ3) is 4.12. The molecule has 0 aliphatic heterocycles. The zero-order valence-electron chi connectivity index (χ0n) is 14.7. The Hall–Kier alpha value is -2.53. The van der Waals surface area contributed by atoms with Crippen LogP contribution in [0.25, 0.3) is 11.3 Å². The number of rotatable bonds is 6. The van der Waals surface area contributed by atoms with Crippen molar-refractivity contribution < 1.29 is 9.47 Å². The molecule has 0 aliphatic rings. The second-order valence-electron chi connectivity index (χ2n) is 5.60. The normalized spacial score (nSPS) is 11.6. The Morgan fingerprint density at radius 3 is 2.08 bits per heavy atom. The Labute approximate surface area is 152 Å². The summed E-state index contributed by atoms with van der Waals surface area (Å²) in [5, 5.41) is 0. The molecule has 0 saturated heterocycles. The lowest BCUT2D eigenvalue weighted by molar-refractivity contribution is 0.414. The largest absolute Gasteiger partial charge is 0.497 e. The minimum absolute atomic E-state index is 0.838. The Bertz CT molecular complexity index is 877. The number of hydrogen-bond acceptors (Lipinski definition) is 4. The van der Waals surface area contributed by atoms with Crippen molar-refractivity contribution in [3.63, 3.8) is 0 Å². The highest BCUT2D eigenvalue weighted by atomic mass is 32.1. The lowest BCUT2D eigenvalue weighted by Crippen LogP contribution is -1.95. The molecule has 0 amide bonds. The Morgan fingerprint density at radius 1 is 0.920 bits per heavy atom. The van der Waals surface area contributed by atoms with Crippen molar-refractivity contribution in [3.8, 4) is 22.8 Å². The first-order chi connectivity index (χ1) is 12.2. The molecule has 1 aromatic heterocycles. The Morgan fingerprint density at radius 2 is 1.52 bits per heavy atom. The molecule has 0 atom stereocenters. The molecular formula is C20H22N2O2S. The molecule has 0 spiro atoms. The van der Waals surface area contributed by atoms with Crippen LogP contribution < -0.4 is 14.1 Å². The van der Waals surface area contributed by atoms with E-state index in [0.29, 0.717) is 0 Å². The maximum absolute atomic E-state index is 5.25. The van der Waals surface area contributed by atoms with Crippen molar-refractivity contribution in [2.75, 3.05) is 14.2 Å². The first kappa shape index (κ1) is 17.3. The molecule has 0 aliphatic carbocycles. The summed E-state index contributed by atoms with van der Waals surface area (Å²) >= 11 is 1.68. The monoisotopic (exact) mass is 354 g/mol. The van der Waals surface area contributed by atoms with Crippen LogP contribution >= 0.6 is 11.5 Å². The standard InChI is InChI=1S/C20H22N2O2S/c1-4-13-22-19(15-5-9-17(23-2)10-6-15)14-20(25-22)21-16-7-11-18(24-3)12-8-16/h5-12,14H,4,13H2,1-3H3. The molecule has 25 heavy (non-hydrogen) atoms. The third-order valence-corrected chi connectivity index (χ3v) is 4.85. The first-order valence-electron chi connectivity index (χ1n) is 8.28. The van der Waals surface area contributed by atoms with E-state index in [1.807, 2.05) is 36.4 Å². The number of ether oxygens (including phenoxy) is 2. The average molecular weight is 354 g/mol. The van der Waals surface area contributed by atoms with Gasteiger partial charge in [0, 0.05) is 12.6 Å². The van der Waals surface area contributed by atoms with E-state index in [1.165, 1.54) is 11.3 Å². The molecule has 0 saturated carbocycles. The van der Waals surface area contributed by atoms with Crippen molar-refractivity contribution >= 4 is 17.2 Å². The zero-order chi connectivity index (χ0) is 17.6. The van der Waals surface area contributed by atoms with E-state index in [0.717, 1.165) is 34.8 Å². The molecule has 0 radical (unpaired) electrons. The number of aromatic nitrogens is 1. The maximum atomic E-state index is 5.25. The lowest BCUT2D eigenvalue weighted by atomic mass is 10.1. The summed E-state index contributed by atoms with van der Waals surface area (Å²) in [6.07, 6.45) is 1.08. The van der Waals surface area contributed by atoms with Crippen molar-refractivity contribution in [1.82, 2.24) is 3.96 Å². The van der Waals surface area contributed by atoms with Gasteiger partial charge in [0.1, 0.15) is 16.2 Å². The zero-order valence-corrected chi connectivity index (χ0v) is 15.5. The van der Waals surface area contributed by atoms with Crippen LogP contribution in [0.2, 0.25) is 0 Å². The van der Waals surface area contributed by atoms with Gasteiger partial charge in [-0.1, -0.05) is 6.92 Å². The topological polar surface area (TPSA) is 35.8 Å². The van der Waals surface area contributed by atoms with Crippen LogP contribution in [0, 0.1) is 0 Å². The minimum atomic E-state index is 0.838. The van der Waals surface area contributed by atoms with E-state index in [1.54, 1.807) is 25.8 Å². The molecule has 0 unspecified atom stereocenters. The SMILES string of the molecule is CCCn1sc(=Nc2ccc(OC)cc2)cc1-c1ccc(OC)cc1. The van der Waals surface area contributed by atoms with Gasteiger partial charge in [0.15, 0.2) is 0 Å². The van der Waals surface area contributed by atoms with Crippen LogP contribution in [0.5, 0.6) is 11.5 Å². The van der Waals surface area contributed by atoms with Gasteiger partial charge < -0.3 is 9.47 Å². The highest BCUT2D eigenvalue weighted by molar-refractivity contribution is 7.04. The number of benzene rings is 2. The number of hydrogen-bond donors (Lipinski definition) is 0. The van der Waals surface area contributed by atoms with Gasteiger partial charge in [-0.05, 0) is 72.0 Å². The predicted molar refractivity (Wildman–Crippen MR) is 103 cm³/mol. The van der Waals surface area contributed by atoms with Gasteiger partial charge in [-0.2, -0.15) is 0 Å². The molecule has 130 valence electrons. The molecule has 0 fully saturated rings. The second-order valence-corrected chi connectivity index (χ2v) is 6.64. The predicted octanol–water partition coefficient (Wildman–Crippen LogP) is 4.88. The molecule has 0 bridgehead atoms. The minimum Gasteiger partial charge on any atom is -0.497 e. The second kappa shape index (κ2) is 8.03. The molecule has 4 nitrogen and oxygen atoms in total. The molecule has 3 rings (SSSR count). The van der Waals surface area contributed by atoms with Gasteiger partial charge in [0.25, 0.3) is 0 Å². The fourth-order valence-electron chi connectivity index (χ4n) is 2.57. The summed E-state index contributed by atoms with van der Waals surface area (Å²) in [5.41, 5.74) is 3.27. The van der Waals surface area contributed by atoms with Crippen molar-refractivity contribution in [2.24, 2.45) is 4.99 Å². The summed E-state index contributed by atoms with van der Waals surface area (Å²) in [6, 6.07) is 18.1. The first-order valence-corrected chi connectivity index (χ1v) is 9.05. The Balaban J connectivity index is 1.99. The van der Waals surface area contributed by atoms with Crippen molar-refractivity contribution in [3.05, 3.63) is 59.3 Å². The van der Waals surface area contributed by atoms with Gasteiger partial charge in [0.2, 0.25) is 0 Å². The molecule has 5 heteroatoms. The van der Waals surface area contributed by atoms with Crippen LogP contribution in [-0.2, 0) is 6.54 Å². The van der Waals surface area contributed by atoms with Crippen LogP contribution in [0.15, 0.2) is 59.6 Å². The van der Waals surface area contributed by atoms with Crippen LogP contribution in [0.4, 0.5) is 5.69 Å². The number of nitrogens with zero attached hydrogens (tertiary/aromatic N) is 2. The fraction of sp³-hybridized carbons (Fsp3) is 0.250. The maximum Gasteiger partial charge on any atom is 0.135 e. The van der Waals surface area contributed by atoms with E-state index >= 15 is 0 Å². The van der Waals surface area contributed by atoms with Crippen LogP contribution in [0.3, 0.4) is 0 Å². The molecule has 0 N–H and O–H groups in total. The van der Waals surface area contributed by atoms with E-state index in [9.17, 15) is 0 Å². The molecule has 3 aromatic rings. The van der Waals surface area contributed by atoms with Gasteiger partial charge in [0.05, 0.1) is 25.6 Å². The highest BCUT2D eigenvalue weighted by Crippen LogP contribution is 2.24. The fourth-order valence-corrected chi connectivity index (χ4v) is 3.64. The van der Waals surface area contributed by atoms with E-state index < -0.39 is 0 Å². The number of aryl methyl sites for hydroxylation is 1. The molecule has 1 heterocycles. The third-order valence-electron chi connectivity index (χ3n) is 3.86. The summed E-state index contributed by atoms with van der Waals surface area (Å²) in [7, 11) is 3.35. The van der Waals surface area contributed by atoms with E-state index in [-0.39, 0.29) is 0 Å². The summed E-state index contributed by atoms with van der Waals surface area (Å²) in [6.45, 7) is 3.16. The smallest absolute Gasteiger partial charge is 0.135 e. The van der Waals surface area contributed by atoms with Crippen molar-refractivity contribution in [1.29, 1.82) is 0 Å². The van der Waals surface area contributed by atoms with Gasteiger partial charge in [-0.15, -0.1) is 0 Å². The summed E-state index contributed by atoms with van der Waals surface area (Å²) in [5.74, 6) is 1.70. The Kier molecular flexibility index (Phi) is 5.56. The van der Waals surface area contributed by atoms with Crippen molar-refractivity contribution in [2.45, 2.75) is 19.9 Å². The van der Waals surface area contributed by atoms with Gasteiger partial charge in [-0.25, -0.2) is 4.99 Å². The summed E-state index contributed by atoms with van der Waals surface area (Å²) in [4.78, 5) is 4.76. The van der Waals surface area contributed by atoms with E-state index in [4.69, 9.17) is 14.5 Å². The van der Waals surface area contributed by atoms with Crippen LogP contribution in [0.1, 0.15) is 13.3 Å². The number of methoxy groups -OCH3 is 2. The summed E-state index contributed by atoms with van der Waals surface area (Å²) < 4.78 is 13.7.